The number of ether oxygens (including phenoxy) is 1. The molecule has 4 rings (SSSR count). The first kappa shape index (κ1) is 22.7. The van der Waals surface area contributed by atoms with Crippen molar-refractivity contribution in [2.45, 2.75) is 51.0 Å². The number of amides is 2. The van der Waals surface area contributed by atoms with Crippen molar-refractivity contribution in [1.82, 2.24) is 10.2 Å². The number of thiophene rings is 1. The fourth-order valence-corrected chi connectivity index (χ4v) is 5.78. The second-order valence-corrected chi connectivity index (χ2v) is 9.93. The molecule has 5 nitrogen and oxygen atoms in total. The van der Waals surface area contributed by atoms with E-state index in [-0.39, 0.29) is 43.7 Å². The number of nitrogens with one attached hydrogen (secondary N) is 1. The van der Waals surface area contributed by atoms with E-state index < -0.39 is 18.3 Å². The summed E-state index contributed by atoms with van der Waals surface area (Å²) in [4.78, 5) is 29.8. The van der Waals surface area contributed by atoms with Gasteiger partial charge in [-0.15, -0.1) is 11.3 Å². The topological polar surface area (TPSA) is 58.6 Å². The van der Waals surface area contributed by atoms with Gasteiger partial charge in [0.25, 0.3) is 0 Å². The summed E-state index contributed by atoms with van der Waals surface area (Å²) in [6, 6.07) is 9.68. The molecule has 1 saturated carbocycles. The van der Waals surface area contributed by atoms with Gasteiger partial charge in [-0.1, -0.05) is 12.1 Å². The standard InChI is InChI=1S/C24H28F2N2O3S/c1-15-12-19-20(32-15)8-11-28(22(19)16-4-3-5-18(13-16)31-2)21(29)7-10-27-23(30)17-6-9-24(25,26)14-17/h3-5,12-13,17,22H,6-11,14H2,1-2H3,(H,27,30). The summed E-state index contributed by atoms with van der Waals surface area (Å²) in [6.45, 7) is 2.81. The molecule has 0 bridgehead atoms. The molecule has 1 fully saturated rings. The second-order valence-electron chi connectivity index (χ2n) is 8.59. The average Bonchev–Trinajstić information content (AvgIpc) is 3.33. The van der Waals surface area contributed by atoms with E-state index in [9.17, 15) is 18.4 Å². The molecule has 0 saturated heterocycles. The van der Waals surface area contributed by atoms with E-state index in [1.54, 1.807) is 18.4 Å². The highest BCUT2D eigenvalue weighted by Crippen LogP contribution is 2.41. The average molecular weight is 463 g/mol. The largest absolute Gasteiger partial charge is 0.497 e. The van der Waals surface area contributed by atoms with Gasteiger partial charge in [0.05, 0.1) is 13.2 Å². The predicted molar refractivity (Wildman–Crippen MR) is 119 cm³/mol. The Labute approximate surface area is 190 Å². The molecule has 8 heteroatoms. The van der Waals surface area contributed by atoms with Crippen LogP contribution in [0.1, 0.15) is 52.6 Å². The number of hydrogen-bond acceptors (Lipinski definition) is 4. The first-order chi connectivity index (χ1) is 15.3. The van der Waals surface area contributed by atoms with Gasteiger partial charge >= 0.3 is 0 Å². The number of methoxy groups -OCH3 is 1. The first-order valence-corrected chi connectivity index (χ1v) is 11.8. The Morgan fingerprint density at radius 3 is 2.84 bits per heavy atom. The molecule has 1 aromatic heterocycles. The van der Waals surface area contributed by atoms with Crippen LogP contribution in [-0.4, -0.2) is 42.8 Å². The summed E-state index contributed by atoms with van der Waals surface area (Å²) in [7, 11) is 1.62. The van der Waals surface area contributed by atoms with E-state index in [2.05, 4.69) is 18.3 Å². The fraction of sp³-hybridized carbons (Fsp3) is 0.500. The molecule has 1 N–H and O–H groups in total. The van der Waals surface area contributed by atoms with Crippen molar-refractivity contribution < 1.29 is 23.1 Å². The van der Waals surface area contributed by atoms with Gasteiger partial charge in [-0.05, 0) is 49.1 Å². The molecule has 2 unspecified atom stereocenters. The van der Waals surface area contributed by atoms with Gasteiger partial charge in [0.1, 0.15) is 5.75 Å². The Kier molecular flexibility index (Phi) is 6.51. The maximum absolute atomic E-state index is 13.4. The zero-order valence-corrected chi connectivity index (χ0v) is 19.1. The lowest BCUT2D eigenvalue weighted by Gasteiger charge is -2.36. The van der Waals surface area contributed by atoms with Crippen molar-refractivity contribution in [3.8, 4) is 5.75 Å². The zero-order valence-electron chi connectivity index (χ0n) is 18.3. The van der Waals surface area contributed by atoms with Gasteiger partial charge < -0.3 is 15.0 Å². The number of halogens is 2. The van der Waals surface area contributed by atoms with Crippen LogP contribution >= 0.6 is 11.3 Å². The summed E-state index contributed by atoms with van der Waals surface area (Å²) < 4.78 is 32.1. The maximum Gasteiger partial charge on any atom is 0.248 e. The van der Waals surface area contributed by atoms with E-state index in [1.807, 2.05) is 29.2 Å². The number of fused-ring (bicyclic) bond motifs is 1. The number of benzene rings is 1. The van der Waals surface area contributed by atoms with Crippen LogP contribution in [-0.2, 0) is 16.0 Å². The number of carbonyl (C=O) groups excluding carboxylic acids is 2. The highest BCUT2D eigenvalue weighted by atomic mass is 32.1. The molecule has 32 heavy (non-hydrogen) atoms. The van der Waals surface area contributed by atoms with Crippen LogP contribution in [0, 0.1) is 12.8 Å². The highest BCUT2D eigenvalue weighted by molar-refractivity contribution is 7.12. The maximum atomic E-state index is 13.4. The molecular formula is C24H28F2N2O3S. The SMILES string of the molecule is COc1cccc(C2c3cc(C)sc3CCN2C(=O)CCNC(=O)C2CCC(F)(F)C2)c1. The Balaban J connectivity index is 1.46. The third kappa shape index (κ3) is 4.80. The van der Waals surface area contributed by atoms with E-state index >= 15 is 0 Å². The molecule has 2 aliphatic rings. The minimum Gasteiger partial charge on any atom is -0.497 e. The minimum atomic E-state index is -2.76. The Bertz CT molecular complexity index is 1010. The lowest BCUT2D eigenvalue weighted by Crippen LogP contribution is -2.41. The number of nitrogens with zero attached hydrogens (tertiary/aromatic N) is 1. The number of hydrogen-bond donors (Lipinski definition) is 1. The van der Waals surface area contributed by atoms with Crippen LogP contribution in [0.5, 0.6) is 5.75 Å². The second kappa shape index (κ2) is 9.17. The Morgan fingerprint density at radius 1 is 1.31 bits per heavy atom. The lowest BCUT2D eigenvalue weighted by atomic mass is 9.92. The van der Waals surface area contributed by atoms with Crippen molar-refractivity contribution in [2.75, 3.05) is 20.2 Å². The number of carbonyl (C=O) groups is 2. The quantitative estimate of drug-likeness (QED) is 0.689. The molecular weight excluding hydrogens is 434 g/mol. The third-order valence-corrected chi connectivity index (χ3v) is 7.42. The van der Waals surface area contributed by atoms with Crippen molar-refractivity contribution in [3.05, 3.63) is 51.2 Å². The van der Waals surface area contributed by atoms with Crippen LogP contribution in [0.4, 0.5) is 8.78 Å². The van der Waals surface area contributed by atoms with E-state index in [1.165, 1.54) is 9.75 Å². The van der Waals surface area contributed by atoms with Gasteiger partial charge in [-0.3, -0.25) is 9.59 Å². The molecule has 1 aliphatic carbocycles. The number of aryl methyl sites for hydroxylation is 1. The van der Waals surface area contributed by atoms with Crippen LogP contribution in [0.25, 0.3) is 0 Å². The fourth-order valence-electron chi connectivity index (χ4n) is 4.72. The first-order valence-electron chi connectivity index (χ1n) is 11.0. The number of alkyl halides is 2. The van der Waals surface area contributed by atoms with Gasteiger partial charge in [0, 0.05) is 48.0 Å². The van der Waals surface area contributed by atoms with Crippen LogP contribution in [0.3, 0.4) is 0 Å². The predicted octanol–water partition coefficient (Wildman–Crippen LogP) is 4.48. The van der Waals surface area contributed by atoms with Crippen LogP contribution < -0.4 is 10.1 Å². The molecule has 2 aromatic rings. The van der Waals surface area contributed by atoms with Gasteiger partial charge in [0.2, 0.25) is 17.7 Å². The van der Waals surface area contributed by atoms with Crippen molar-refractivity contribution in [2.24, 2.45) is 5.92 Å². The molecule has 0 spiro atoms. The van der Waals surface area contributed by atoms with Crippen LogP contribution in [0.15, 0.2) is 30.3 Å². The highest BCUT2D eigenvalue weighted by Gasteiger charge is 2.42. The molecule has 2 amide bonds. The summed E-state index contributed by atoms with van der Waals surface area (Å²) in [6.07, 6.45) is 0.466. The van der Waals surface area contributed by atoms with Crippen molar-refractivity contribution in [3.63, 3.8) is 0 Å². The molecule has 2 heterocycles. The normalized spacial score (nSPS) is 21.8. The zero-order chi connectivity index (χ0) is 22.9. The van der Waals surface area contributed by atoms with Gasteiger partial charge in [-0.25, -0.2) is 8.78 Å². The van der Waals surface area contributed by atoms with Crippen molar-refractivity contribution >= 4 is 23.2 Å². The summed E-state index contributed by atoms with van der Waals surface area (Å²) >= 11 is 1.76. The van der Waals surface area contributed by atoms with E-state index in [0.29, 0.717) is 6.54 Å². The van der Waals surface area contributed by atoms with Crippen molar-refractivity contribution in [1.29, 1.82) is 0 Å². The molecule has 172 valence electrons. The Hall–Kier alpha value is -2.48. The van der Waals surface area contributed by atoms with E-state index in [0.717, 1.165) is 23.3 Å². The molecule has 1 aromatic carbocycles. The van der Waals surface area contributed by atoms with Crippen LogP contribution in [0.2, 0.25) is 0 Å². The van der Waals surface area contributed by atoms with E-state index in [4.69, 9.17) is 4.74 Å². The molecule has 2 atom stereocenters. The monoisotopic (exact) mass is 462 g/mol. The smallest absolute Gasteiger partial charge is 0.248 e. The van der Waals surface area contributed by atoms with Gasteiger partial charge in [0.15, 0.2) is 0 Å². The molecule has 0 radical (unpaired) electrons. The lowest BCUT2D eigenvalue weighted by molar-refractivity contribution is -0.133. The summed E-state index contributed by atoms with van der Waals surface area (Å²) in [5, 5.41) is 2.69. The van der Waals surface area contributed by atoms with Gasteiger partial charge in [-0.2, -0.15) is 0 Å². The minimum absolute atomic E-state index is 0.0654. The third-order valence-electron chi connectivity index (χ3n) is 6.29. The Morgan fingerprint density at radius 2 is 2.12 bits per heavy atom. The summed E-state index contributed by atoms with van der Waals surface area (Å²) in [5.41, 5.74) is 2.12. The summed E-state index contributed by atoms with van der Waals surface area (Å²) in [5.74, 6) is -3.14. The number of rotatable bonds is 6. The molecule has 1 aliphatic heterocycles.